The lowest BCUT2D eigenvalue weighted by Gasteiger charge is -2.13. The van der Waals surface area contributed by atoms with Gasteiger partial charge >= 0.3 is 0 Å². The maximum Gasteiger partial charge on any atom is 0.230 e. The van der Waals surface area contributed by atoms with Gasteiger partial charge in [-0.15, -0.1) is 10.2 Å². The Morgan fingerprint density at radius 1 is 1.15 bits per heavy atom. The van der Waals surface area contributed by atoms with Crippen molar-refractivity contribution >= 4 is 29.3 Å². The van der Waals surface area contributed by atoms with E-state index in [9.17, 15) is 4.79 Å². The Balaban J connectivity index is 1.60. The van der Waals surface area contributed by atoms with Crippen LogP contribution in [0.5, 0.6) is 0 Å². The molecule has 5 nitrogen and oxygen atoms in total. The Morgan fingerprint density at radius 2 is 1.85 bits per heavy atom. The van der Waals surface area contributed by atoms with Crippen LogP contribution in [0.2, 0.25) is 5.02 Å². The molecule has 1 N–H and O–H groups in total. The molecule has 0 aliphatic carbocycles. The fourth-order valence-electron chi connectivity index (χ4n) is 2.53. The van der Waals surface area contributed by atoms with E-state index in [0.717, 1.165) is 17.0 Å². The van der Waals surface area contributed by atoms with E-state index in [1.807, 2.05) is 73.1 Å². The van der Waals surface area contributed by atoms with Crippen LogP contribution in [0.1, 0.15) is 18.5 Å². The van der Waals surface area contributed by atoms with Gasteiger partial charge in [-0.2, -0.15) is 0 Å². The second-order valence-corrected chi connectivity index (χ2v) is 7.24. The number of hydrogen-bond donors (Lipinski definition) is 1. The third kappa shape index (κ3) is 4.45. The van der Waals surface area contributed by atoms with Gasteiger partial charge < -0.3 is 9.88 Å². The molecule has 0 unspecified atom stereocenters. The number of nitrogens with zero attached hydrogens (tertiary/aromatic N) is 3. The summed E-state index contributed by atoms with van der Waals surface area (Å²) in [5, 5.41) is 12.8. The van der Waals surface area contributed by atoms with Gasteiger partial charge in [-0.1, -0.05) is 53.7 Å². The minimum Gasteiger partial charge on any atom is -0.349 e. The standard InChI is InChI=1S/C19H19ClN4OS/c1-13(14-6-4-3-5-7-14)21-17(25)12-26-19-23-22-18(24(19)2)15-8-10-16(20)11-9-15/h3-11,13H,12H2,1-2H3,(H,21,25)/t13-/m0/s1. The average molecular weight is 387 g/mol. The van der Waals surface area contributed by atoms with Crippen molar-refractivity contribution in [1.82, 2.24) is 20.1 Å². The number of aromatic nitrogens is 3. The van der Waals surface area contributed by atoms with Crippen molar-refractivity contribution in [3.8, 4) is 11.4 Å². The number of benzene rings is 2. The van der Waals surface area contributed by atoms with Gasteiger partial charge in [0.15, 0.2) is 11.0 Å². The van der Waals surface area contributed by atoms with Gasteiger partial charge in [0.25, 0.3) is 0 Å². The SMILES string of the molecule is C[C@H](NC(=O)CSc1nnc(-c2ccc(Cl)cc2)n1C)c1ccccc1. The highest BCUT2D eigenvalue weighted by Crippen LogP contribution is 2.24. The molecule has 134 valence electrons. The lowest BCUT2D eigenvalue weighted by atomic mass is 10.1. The molecule has 1 atom stereocenters. The van der Waals surface area contributed by atoms with Crippen LogP contribution < -0.4 is 5.32 Å². The second kappa shape index (κ2) is 8.38. The van der Waals surface area contributed by atoms with E-state index in [1.165, 1.54) is 11.8 Å². The summed E-state index contributed by atoms with van der Waals surface area (Å²) in [5.74, 6) is 0.980. The fourth-order valence-corrected chi connectivity index (χ4v) is 3.38. The molecule has 1 heterocycles. The number of halogens is 1. The molecule has 0 bridgehead atoms. The smallest absolute Gasteiger partial charge is 0.230 e. The minimum absolute atomic E-state index is 0.0339. The average Bonchev–Trinajstić information content (AvgIpc) is 3.02. The molecule has 2 aromatic carbocycles. The van der Waals surface area contributed by atoms with Crippen LogP contribution >= 0.6 is 23.4 Å². The van der Waals surface area contributed by atoms with Gasteiger partial charge in [0.2, 0.25) is 5.91 Å². The van der Waals surface area contributed by atoms with Gasteiger partial charge in [0.1, 0.15) is 0 Å². The summed E-state index contributed by atoms with van der Waals surface area (Å²) < 4.78 is 1.88. The molecule has 1 aromatic heterocycles. The van der Waals surface area contributed by atoms with Gasteiger partial charge in [-0.25, -0.2) is 0 Å². The summed E-state index contributed by atoms with van der Waals surface area (Å²) in [7, 11) is 1.89. The summed E-state index contributed by atoms with van der Waals surface area (Å²) in [6, 6.07) is 17.3. The monoisotopic (exact) mass is 386 g/mol. The molecule has 0 aliphatic heterocycles. The Kier molecular flexibility index (Phi) is 5.96. The van der Waals surface area contributed by atoms with Crippen LogP contribution in [0.25, 0.3) is 11.4 Å². The number of carbonyl (C=O) groups excluding carboxylic acids is 1. The maximum atomic E-state index is 12.2. The summed E-state index contributed by atoms with van der Waals surface area (Å²) in [6.45, 7) is 1.97. The van der Waals surface area contributed by atoms with Crippen LogP contribution in [-0.4, -0.2) is 26.4 Å². The van der Waals surface area contributed by atoms with E-state index in [1.54, 1.807) is 0 Å². The van der Waals surface area contributed by atoms with E-state index in [2.05, 4.69) is 15.5 Å². The molecular formula is C19H19ClN4OS. The van der Waals surface area contributed by atoms with E-state index in [4.69, 9.17) is 11.6 Å². The highest BCUT2D eigenvalue weighted by atomic mass is 35.5. The molecule has 0 fully saturated rings. The molecule has 0 aliphatic rings. The van der Waals surface area contributed by atoms with Gasteiger partial charge in [0.05, 0.1) is 11.8 Å². The maximum absolute atomic E-state index is 12.2. The van der Waals surface area contributed by atoms with Gasteiger partial charge in [0, 0.05) is 17.6 Å². The number of amides is 1. The van der Waals surface area contributed by atoms with Crippen molar-refractivity contribution in [2.75, 3.05) is 5.75 Å². The second-order valence-electron chi connectivity index (χ2n) is 5.86. The van der Waals surface area contributed by atoms with Crippen molar-refractivity contribution in [3.63, 3.8) is 0 Å². The molecule has 26 heavy (non-hydrogen) atoms. The lowest BCUT2D eigenvalue weighted by Crippen LogP contribution is -2.28. The number of thioether (sulfide) groups is 1. The number of hydrogen-bond acceptors (Lipinski definition) is 4. The first-order valence-electron chi connectivity index (χ1n) is 8.17. The quantitative estimate of drug-likeness (QED) is 0.648. The molecule has 0 radical (unpaired) electrons. The normalized spacial score (nSPS) is 12.0. The summed E-state index contributed by atoms with van der Waals surface area (Å²) >= 11 is 7.29. The minimum atomic E-state index is -0.0394. The topological polar surface area (TPSA) is 59.8 Å². The third-order valence-electron chi connectivity index (χ3n) is 3.95. The van der Waals surface area contributed by atoms with E-state index in [-0.39, 0.29) is 17.7 Å². The lowest BCUT2D eigenvalue weighted by molar-refractivity contribution is -0.119. The molecule has 0 spiro atoms. The molecular weight excluding hydrogens is 368 g/mol. The molecule has 0 saturated carbocycles. The van der Waals surface area contributed by atoms with E-state index < -0.39 is 0 Å². The molecule has 0 saturated heterocycles. The van der Waals surface area contributed by atoms with Crippen LogP contribution in [0.3, 0.4) is 0 Å². The zero-order chi connectivity index (χ0) is 18.5. The predicted octanol–water partition coefficient (Wildman–Crippen LogP) is 4.11. The Labute approximate surface area is 161 Å². The first-order valence-corrected chi connectivity index (χ1v) is 9.53. The van der Waals surface area contributed by atoms with Crippen LogP contribution in [0.15, 0.2) is 59.8 Å². The summed E-state index contributed by atoms with van der Waals surface area (Å²) in [6.07, 6.45) is 0. The predicted molar refractivity (Wildman–Crippen MR) is 105 cm³/mol. The molecule has 1 amide bonds. The third-order valence-corrected chi connectivity index (χ3v) is 5.22. The van der Waals surface area contributed by atoms with Crippen LogP contribution in [-0.2, 0) is 11.8 Å². The van der Waals surface area contributed by atoms with Crippen molar-refractivity contribution in [1.29, 1.82) is 0 Å². The highest BCUT2D eigenvalue weighted by Gasteiger charge is 2.14. The number of rotatable bonds is 6. The Hall–Kier alpha value is -2.31. The van der Waals surface area contributed by atoms with Gasteiger partial charge in [-0.3, -0.25) is 4.79 Å². The first kappa shape index (κ1) is 18.5. The largest absolute Gasteiger partial charge is 0.349 e. The zero-order valence-electron chi connectivity index (χ0n) is 14.5. The van der Waals surface area contributed by atoms with Crippen LogP contribution in [0.4, 0.5) is 0 Å². The first-order chi connectivity index (χ1) is 12.5. The fraction of sp³-hybridized carbons (Fsp3) is 0.211. The van der Waals surface area contributed by atoms with Crippen molar-refractivity contribution in [3.05, 3.63) is 65.2 Å². The van der Waals surface area contributed by atoms with Crippen LogP contribution in [0, 0.1) is 0 Å². The van der Waals surface area contributed by atoms with Crippen molar-refractivity contribution < 1.29 is 4.79 Å². The van der Waals surface area contributed by atoms with E-state index in [0.29, 0.717) is 10.2 Å². The Morgan fingerprint density at radius 3 is 2.54 bits per heavy atom. The summed E-state index contributed by atoms with van der Waals surface area (Å²) in [4.78, 5) is 12.2. The molecule has 7 heteroatoms. The number of carbonyl (C=O) groups is 1. The zero-order valence-corrected chi connectivity index (χ0v) is 16.1. The van der Waals surface area contributed by atoms with Crippen molar-refractivity contribution in [2.45, 2.75) is 18.1 Å². The molecule has 3 aromatic rings. The summed E-state index contributed by atoms with van der Waals surface area (Å²) in [5.41, 5.74) is 2.01. The molecule has 3 rings (SSSR count). The number of nitrogens with one attached hydrogen (secondary N) is 1. The van der Waals surface area contributed by atoms with Gasteiger partial charge in [-0.05, 0) is 36.8 Å². The van der Waals surface area contributed by atoms with Crippen molar-refractivity contribution in [2.24, 2.45) is 7.05 Å². The van der Waals surface area contributed by atoms with E-state index >= 15 is 0 Å². The Bertz CT molecular complexity index is 880. The highest BCUT2D eigenvalue weighted by molar-refractivity contribution is 7.99.